The third-order valence-corrected chi connectivity index (χ3v) is 6.04. The van der Waals surface area contributed by atoms with Crippen LogP contribution in [0.5, 0.6) is 17.2 Å². The van der Waals surface area contributed by atoms with Gasteiger partial charge in [-0.15, -0.1) is 0 Å². The van der Waals surface area contributed by atoms with Crippen LogP contribution in [0, 0.1) is 0 Å². The minimum Gasteiger partial charge on any atom is -0.508 e. The summed E-state index contributed by atoms with van der Waals surface area (Å²) < 4.78 is 11.8. The molecular formula is C24H22BrClN2O3. The van der Waals surface area contributed by atoms with E-state index in [4.69, 9.17) is 26.1 Å². The highest BCUT2D eigenvalue weighted by molar-refractivity contribution is 9.10. The monoisotopic (exact) mass is 500 g/mol. The molecule has 0 saturated carbocycles. The van der Waals surface area contributed by atoms with Crippen LogP contribution in [0.4, 0.5) is 0 Å². The maximum Gasteiger partial charge on any atom is 0.130 e. The van der Waals surface area contributed by atoms with Gasteiger partial charge in [0.05, 0.1) is 14.2 Å². The highest BCUT2D eigenvalue weighted by Crippen LogP contribution is 2.38. The molecule has 2 atom stereocenters. The Morgan fingerprint density at radius 3 is 2.48 bits per heavy atom. The Kier molecular flexibility index (Phi) is 6.51. The van der Waals surface area contributed by atoms with Crippen LogP contribution in [0.3, 0.4) is 0 Å². The molecule has 7 heteroatoms. The highest BCUT2D eigenvalue weighted by Gasteiger charge is 2.29. The predicted octanol–water partition coefficient (Wildman–Crippen LogP) is 6.05. The van der Waals surface area contributed by atoms with Crippen molar-refractivity contribution >= 4 is 33.2 Å². The highest BCUT2D eigenvalue weighted by atomic mass is 79.9. The second kappa shape index (κ2) is 9.30. The second-order valence-corrected chi connectivity index (χ2v) is 8.57. The first kappa shape index (κ1) is 21.7. The molecule has 0 spiro atoms. The van der Waals surface area contributed by atoms with E-state index in [0.717, 1.165) is 38.4 Å². The SMILES string of the molecule is COc1ccc(C2=N[C@@H](c3cc(Br)ccc3OC)N[C@H](c3cc(Cl)ccc3O)C2)cc1. The molecule has 0 unspecified atom stereocenters. The summed E-state index contributed by atoms with van der Waals surface area (Å²) in [5, 5.41) is 14.6. The van der Waals surface area contributed by atoms with Gasteiger partial charge in [-0.05, 0) is 66.2 Å². The summed E-state index contributed by atoms with van der Waals surface area (Å²) in [6, 6.07) is 18.5. The average molecular weight is 502 g/mol. The molecule has 0 aliphatic carbocycles. The van der Waals surface area contributed by atoms with E-state index in [1.807, 2.05) is 42.5 Å². The van der Waals surface area contributed by atoms with Gasteiger partial charge in [-0.1, -0.05) is 27.5 Å². The number of aliphatic imine (C=N–C) groups is 1. The topological polar surface area (TPSA) is 63.1 Å². The molecule has 0 saturated heterocycles. The molecule has 3 aromatic carbocycles. The van der Waals surface area contributed by atoms with Crippen molar-refractivity contribution in [2.75, 3.05) is 14.2 Å². The van der Waals surface area contributed by atoms with Crippen LogP contribution in [-0.4, -0.2) is 25.0 Å². The van der Waals surface area contributed by atoms with Gasteiger partial charge < -0.3 is 14.6 Å². The zero-order chi connectivity index (χ0) is 22.0. The van der Waals surface area contributed by atoms with Crippen LogP contribution < -0.4 is 14.8 Å². The van der Waals surface area contributed by atoms with Crippen molar-refractivity contribution in [1.29, 1.82) is 0 Å². The molecule has 0 amide bonds. The number of aromatic hydroxyl groups is 1. The van der Waals surface area contributed by atoms with Crippen molar-refractivity contribution in [2.45, 2.75) is 18.6 Å². The van der Waals surface area contributed by atoms with E-state index in [9.17, 15) is 5.11 Å². The fraction of sp³-hybridized carbons (Fsp3) is 0.208. The number of rotatable bonds is 5. The Hall–Kier alpha value is -2.54. The van der Waals surface area contributed by atoms with Gasteiger partial charge in [0, 0.05) is 38.8 Å². The maximum absolute atomic E-state index is 10.5. The molecule has 160 valence electrons. The Balaban J connectivity index is 1.80. The number of methoxy groups -OCH3 is 2. The summed E-state index contributed by atoms with van der Waals surface area (Å²) >= 11 is 9.78. The summed E-state index contributed by atoms with van der Waals surface area (Å²) in [4.78, 5) is 5.00. The molecule has 2 N–H and O–H groups in total. The molecule has 1 aliphatic rings. The summed E-state index contributed by atoms with van der Waals surface area (Å²) in [7, 11) is 3.29. The number of hydrogen-bond acceptors (Lipinski definition) is 5. The van der Waals surface area contributed by atoms with Gasteiger partial charge in [0.15, 0.2) is 0 Å². The van der Waals surface area contributed by atoms with Crippen molar-refractivity contribution in [1.82, 2.24) is 5.32 Å². The molecule has 0 fully saturated rings. The molecule has 0 bridgehead atoms. The molecule has 5 nitrogen and oxygen atoms in total. The zero-order valence-electron chi connectivity index (χ0n) is 17.1. The van der Waals surface area contributed by atoms with Gasteiger partial charge in [0.1, 0.15) is 23.4 Å². The lowest BCUT2D eigenvalue weighted by atomic mass is 9.93. The first-order valence-electron chi connectivity index (χ1n) is 9.77. The minimum atomic E-state index is -0.373. The molecule has 0 radical (unpaired) electrons. The first-order valence-corrected chi connectivity index (χ1v) is 10.9. The number of phenolic OH excluding ortho intramolecular Hbond substituents is 1. The van der Waals surface area contributed by atoms with E-state index in [1.165, 1.54) is 0 Å². The molecule has 3 aromatic rings. The lowest BCUT2D eigenvalue weighted by Crippen LogP contribution is -2.33. The molecule has 1 heterocycles. The van der Waals surface area contributed by atoms with E-state index < -0.39 is 0 Å². The quantitative estimate of drug-likeness (QED) is 0.447. The van der Waals surface area contributed by atoms with E-state index in [0.29, 0.717) is 11.4 Å². The van der Waals surface area contributed by atoms with E-state index in [-0.39, 0.29) is 18.0 Å². The van der Waals surface area contributed by atoms with Crippen LogP contribution in [0.15, 0.2) is 70.1 Å². The van der Waals surface area contributed by atoms with Crippen molar-refractivity contribution in [3.63, 3.8) is 0 Å². The number of ether oxygens (including phenoxy) is 2. The van der Waals surface area contributed by atoms with E-state index >= 15 is 0 Å². The standard InChI is InChI=1S/C24H22BrClN2O3/c1-30-17-7-3-14(4-8-17)20-13-21(18-12-16(26)6-9-22(18)29)28-24(27-20)19-11-15(25)5-10-23(19)31-2/h3-12,21,24,28-29H,13H2,1-2H3/t21-,24+/m0/s1. The first-order chi connectivity index (χ1) is 15.0. The normalized spacial score (nSPS) is 18.4. The van der Waals surface area contributed by atoms with Crippen LogP contribution in [0.2, 0.25) is 5.02 Å². The minimum absolute atomic E-state index is 0.192. The van der Waals surface area contributed by atoms with Crippen molar-refractivity contribution in [2.24, 2.45) is 4.99 Å². The third-order valence-electron chi connectivity index (χ3n) is 5.32. The number of nitrogens with zero attached hydrogens (tertiary/aromatic N) is 1. The average Bonchev–Trinajstić information content (AvgIpc) is 2.80. The van der Waals surface area contributed by atoms with Gasteiger partial charge in [-0.2, -0.15) is 0 Å². The number of benzene rings is 3. The van der Waals surface area contributed by atoms with Crippen molar-refractivity contribution in [3.05, 3.63) is 86.8 Å². The van der Waals surface area contributed by atoms with E-state index in [1.54, 1.807) is 32.4 Å². The molecular weight excluding hydrogens is 480 g/mol. The number of nitrogens with one attached hydrogen (secondary N) is 1. The zero-order valence-corrected chi connectivity index (χ0v) is 19.4. The smallest absolute Gasteiger partial charge is 0.130 e. The lowest BCUT2D eigenvalue weighted by Gasteiger charge is -2.31. The summed E-state index contributed by atoms with van der Waals surface area (Å²) in [5.41, 5.74) is 3.53. The Morgan fingerprint density at radius 2 is 1.77 bits per heavy atom. The summed E-state index contributed by atoms with van der Waals surface area (Å²) in [6.07, 6.45) is 0.217. The largest absolute Gasteiger partial charge is 0.508 e. The molecule has 1 aliphatic heterocycles. The summed E-state index contributed by atoms with van der Waals surface area (Å²) in [6.45, 7) is 0. The van der Waals surface area contributed by atoms with Gasteiger partial charge in [0.25, 0.3) is 0 Å². The number of phenols is 1. The van der Waals surface area contributed by atoms with Gasteiger partial charge >= 0.3 is 0 Å². The van der Waals surface area contributed by atoms with Gasteiger partial charge in [-0.3, -0.25) is 10.3 Å². The van der Waals surface area contributed by atoms with Crippen LogP contribution in [0.25, 0.3) is 0 Å². The maximum atomic E-state index is 10.5. The number of halogens is 2. The lowest BCUT2D eigenvalue weighted by molar-refractivity contribution is 0.381. The molecule has 0 aromatic heterocycles. The third kappa shape index (κ3) is 4.71. The van der Waals surface area contributed by atoms with Gasteiger partial charge in [-0.25, -0.2) is 0 Å². The Bertz CT molecular complexity index is 1120. The fourth-order valence-electron chi connectivity index (χ4n) is 3.75. The van der Waals surface area contributed by atoms with Crippen molar-refractivity contribution < 1.29 is 14.6 Å². The van der Waals surface area contributed by atoms with Crippen LogP contribution in [0.1, 0.15) is 35.3 Å². The Morgan fingerprint density at radius 1 is 1.00 bits per heavy atom. The molecule has 31 heavy (non-hydrogen) atoms. The van der Waals surface area contributed by atoms with Crippen LogP contribution in [-0.2, 0) is 0 Å². The van der Waals surface area contributed by atoms with Crippen LogP contribution >= 0.6 is 27.5 Å². The van der Waals surface area contributed by atoms with E-state index in [2.05, 4.69) is 21.2 Å². The van der Waals surface area contributed by atoms with Gasteiger partial charge in [0.2, 0.25) is 0 Å². The van der Waals surface area contributed by atoms with Crippen molar-refractivity contribution in [3.8, 4) is 17.2 Å². The second-order valence-electron chi connectivity index (χ2n) is 7.22. The fourth-order valence-corrected chi connectivity index (χ4v) is 4.31. The molecule has 4 rings (SSSR count). The predicted molar refractivity (Wildman–Crippen MR) is 127 cm³/mol. The summed E-state index contributed by atoms with van der Waals surface area (Å²) in [5.74, 6) is 1.71. The number of hydrogen-bond donors (Lipinski definition) is 2. The Labute approximate surface area is 194 Å².